The number of imidazole rings is 1. The first kappa shape index (κ1) is 21.0. The SMILES string of the molecule is CCCCSCCCCCn1c(COCC)nc2c(N)nc(C)c(C)c21. The van der Waals surface area contributed by atoms with Crippen LogP contribution in [0.15, 0.2) is 0 Å². The first-order valence-corrected chi connectivity index (χ1v) is 11.0. The summed E-state index contributed by atoms with van der Waals surface area (Å²) in [7, 11) is 0. The molecule has 0 bridgehead atoms. The van der Waals surface area contributed by atoms with E-state index in [0.717, 1.165) is 35.5 Å². The van der Waals surface area contributed by atoms with Gasteiger partial charge in [0, 0.05) is 18.8 Å². The van der Waals surface area contributed by atoms with Gasteiger partial charge in [0.05, 0.1) is 5.52 Å². The largest absolute Gasteiger partial charge is 0.382 e. The van der Waals surface area contributed by atoms with E-state index in [9.17, 15) is 0 Å². The molecule has 0 saturated carbocycles. The summed E-state index contributed by atoms with van der Waals surface area (Å²) >= 11 is 2.08. The van der Waals surface area contributed by atoms with Crippen molar-refractivity contribution in [3.8, 4) is 0 Å². The predicted molar refractivity (Wildman–Crippen MR) is 113 cm³/mol. The molecule has 0 aliphatic heterocycles. The molecular weight excluding hydrogens is 344 g/mol. The van der Waals surface area contributed by atoms with Crippen LogP contribution in [-0.4, -0.2) is 32.6 Å². The molecular formula is C20H34N4OS. The van der Waals surface area contributed by atoms with Gasteiger partial charge in [-0.3, -0.25) is 0 Å². The number of nitrogens with two attached hydrogens (primary N) is 1. The van der Waals surface area contributed by atoms with E-state index in [1.807, 2.05) is 13.8 Å². The molecule has 0 fully saturated rings. The maximum absolute atomic E-state index is 6.14. The standard InChI is InChI=1S/C20H34N4OS/c1-5-7-12-26-13-10-8-9-11-24-17(14-25-6-2)23-18-19(24)15(3)16(4)22-20(18)21/h5-14H2,1-4H3,(H2,21,22). The summed E-state index contributed by atoms with van der Waals surface area (Å²) in [5, 5.41) is 0. The Bertz CT molecular complexity index is 699. The van der Waals surface area contributed by atoms with Crippen LogP contribution in [0, 0.1) is 13.8 Å². The fourth-order valence-electron chi connectivity index (χ4n) is 3.09. The van der Waals surface area contributed by atoms with Gasteiger partial charge in [0.1, 0.15) is 17.9 Å². The third-order valence-electron chi connectivity index (χ3n) is 4.72. The van der Waals surface area contributed by atoms with Crippen LogP contribution in [0.2, 0.25) is 0 Å². The molecule has 2 aromatic rings. The first-order chi connectivity index (χ1) is 12.6. The summed E-state index contributed by atoms with van der Waals surface area (Å²) in [5.41, 5.74) is 10.2. The first-order valence-electron chi connectivity index (χ1n) is 9.87. The number of pyridine rings is 1. The smallest absolute Gasteiger partial charge is 0.151 e. The quantitative estimate of drug-likeness (QED) is 0.534. The molecule has 2 aromatic heterocycles. The van der Waals surface area contributed by atoms with E-state index in [2.05, 4.69) is 35.2 Å². The molecule has 0 atom stereocenters. The highest BCUT2D eigenvalue weighted by Gasteiger charge is 2.17. The van der Waals surface area contributed by atoms with Gasteiger partial charge in [0.2, 0.25) is 0 Å². The van der Waals surface area contributed by atoms with Crippen LogP contribution in [0.3, 0.4) is 0 Å². The van der Waals surface area contributed by atoms with E-state index in [0.29, 0.717) is 19.0 Å². The van der Waals surface area contributed by atoms with Crippen LogP contribution in [-0.2, 0) is 17.9 Å². The lowest BCUT2D eigenvalue weighted by Gasteiger charge is -2.12. The van der Waals surface area contributed by atoms with Crippen molar-refractivity contribution in [1.29, 1.82) is 0 Å². The lowest BCUT2D eigenvalue weighted by Crippen LogP contribution is -2.07. The summed E-state index contributed by atoms with van der Waals surface area (Å²) in [6.07, 6.45) is 6.30. The zero-order valence-corrected chi connectivity index (χ0v) is 17.6. The molecule has 2 N–H and O–H groups in total. The Hall–Kier alpha value is -1.27. The number of hydrogen-bond acceptors (Lipinski definition) is 5. The highest BCUT2D eigenvalue weighted by Crippen LogP contribution is 2.27. The number of unbranched alkanes of at least 4 members (excludes halogenated alkanes) is 3. The second-order valence-corrected chi connectivity index (χ2v) is 7.97. The van der Waals surface area contributed by atoms with Crippen molar-refractivity contribution >= 4 is 28.6 Å². The van der Waals surface area contributed by atoms with Crippen molar-refractivity contribution in [2.75, 3.05) is 23.8 Å². The highest BCUT2D eigenvalue weighted by molar-refractivity contribution is 7.99. The third-order valence-corrected chi connectivity index (χ3v) is 5.88. The lowest BCUT2D eigenvalue weighted by molar-refractivity contribution is 0.126. The predicted octanol–water partition coefficient (Wildman–Crippen LogP) is 4.87. The number of hydrogen-bond donors (Lipinski definition) is 1. The summed E-state index contributed by atoms with van der Waals surface area (Å²) in [6.45, 7) is 10.5. The molecule has 0 aromatic carbocycles. The molecule has 26 heavy (non-hydrogen) atoms. The number of ether oxygens (including phenoxy) is 1. The van der Waals surface area contributed by atoms with Crippen molar-refractivity contribution < 1.29 is 4.74 Å². The van der Waals surface area contributed by atoms with Crippen molar-refractivity contribution in [2.45, 2.75) is 73.0 Å². The minimum Gasteiger partial charge on any atom is -0.382 e. The van der Waals surface area contributed by atoms with Crippen LogP contribution < -0.4 is 5.73 Å². The molecule has 0 spiro atoms. The van der Waals surface area contributed by atoms with E-state index in [1.54, 1.807) is 0 Å². The Balaban J connectivity index is 2.06. The topological polar surface area (TPSA) is 66.0 Å². The van der Waals surface area contributed by atoms with Crippen LogP contribution in [0.5, 0.6) is 0 Å². The number of aryl methyl sites for hydroxylation is 3. The Morgan fingerprint density at radius 2 is 1.81 bits per heavy atom. The van der Waals surface area contributed by atoms with Crippen LogP contribution in [0.4, 0.5) is 5.82 Å². The molecule has 0 radical (unpaired) electrons. The fourth-order valence-corrected chi connectivity index (χ4v) is 4.20. The minimum atomic E-state index is 0.520. The van der Waals surface area contributed by atoms with Crippen molar-refractivity contribution in [3.05, 3.63) is 17.1 Å². The molecule has 2 rings (SSSR count). The van der Waals surface area contributed by atoms with Crippen molar-refractivity contribution in [3.63, 3.8) is 0 Å². The third kappa shape index (κ3) is 5.36. The zero-order valence-electron chi connectivity index (χ0n) is 16.8. The number of aromatic nitrogens is 3. The van der Waals surface area contributed by atoms with Gasteiger partial charge in [-0.15, -0.1) is 0 Å². The van der Waals surface area contributed by atoms with Gasteiger partial charge >= 0.3 is 0 Å². The highest BCUT2D eigenvalue weighted by atomic mass is 32.2. The van der Waals surface area contributed by atoms with Crippen LogP contribution >= 0.6 is 11.8 Å². The van der Waals surface area contributed by atoms with E-state index in [4.69, 9.17) is 15.5 Å². The average Bonchev–Trinajstić information content (AvgIpc) is 2.99. The van der Waals surface area contributed by atoms with E-state index in [1.165, 1.54) is 42.8 Å². The summed E-state index contributed by atoms with van der Waals surface area (Å²) in [4.78, 5) is 9.19. The van der Waals surface area contributed by atoms with Gasteiger partial charge in [-0.2, -0.15) is 11.8 Å². The Labute approximate surface area is 162 Å². The van der Waals surface area contributed by atoms with E-state index in [-0.39, 0.29) is 0 Å². The second kappa shape index (κ2) is 10.8. The molecule has 2 heterocycles. The summed E-state index contributed by atoms with van der Waals surface area (Å²) in [6, 6.07) is 0. The molecule has 6 heteroatoms. The van der Waals surface area contributed by atoms with Gasteiger partial charge in [-0.05, 0) is 57.1 Å². The van der Waals surface area contributed by atoms with E-state index < -0.39 is 0 Å². The molecule has 0 amide bonds. The summed E-state index contributed by atoms with van der Waals surface area (Å²) < 4.78 is 7.94. The normalized spacial score (nSPS) is 11.5. The van der Waals surface area contributed by atoms with Crippen molar-refractivity contribution in [2.24, 2.45) is 0 Å². The number of thioether (sulfide) groups is 1. The van der Waals surface area contributed by atoms with Gasteiger partial charge in [0.25, 0.3) is 0 Å². The van der Waals surface area contributed by atoms with Gasteiger partial charge in [-0.25, -0.2) is 9.97 Å². The van der Waals surface area contributed by atoms with Crippen molar-refractivity contribution in [1.82, 2.24) is 14.5 Å². The van der Waals surface area contributed by atoms with Crippen LogP contribution in [0.25, 0.3) is 11.0 Å². The summed E-state index contributed by atoms with van der Waals surface area (Å²) in [5.74, 6) is 4.05. The minimum absolute atomic E-state index is 0.520. The molecule has 5 nitrogen and oxygen atoms in total. The monoisotopic (exact) mass is 378 g/mol. The molecule has 0 unspecified atom stereocenters. The maximum atomic E-state index is 6.14. The maximum Gasteiger partial charge on any atom is 0.151 e. The number of rotatable bonds is 12. The Kier molecular flexibility index (Phi) is 8.72. The number of nitrogens with zero attached hydrogens (tertiary/aromatic N) is 3. The number of anilines is 1. The molecule has 0 aliphatic rings. The molecule has 0 saturated heterocycles. The van der Waals surface area contributed by atoms with Gasteiger partial charge in [0.15, 0.2) is 5.82 Å². The second-order valence-electron chi connectivity index (χ2n) is 6.75. The van der Waals surface area contributed by atoms with Crippen LogP contribution in [0.1, 0.15) is 63.0 Å². The molecule has 146 valence electrons. The number of fused-ring (bicyclic) bond motifs is 1. The molecule has 0 aliphatic carbocycles. The van der Waals surface area contributed by atoms with Gasteiger partial charge in [-0.1, -0.05) is 19.8 Å². The Morgan fingerprint density at radius 1 is 1.04 bits per heavy atom. The van der Waals surface area contributed by atoms with Gasteiger partial charge < -0.3 is 15.0 Å². The lowest BCUT2D eigenvalue weighted by atomic mass is 10.2. The Morgan fingerprint density at radius 3 is 2.54 bits per heavy atom. The average molecular weight is 379 g/mol. The number of nitrogen functional groups attached to an aromatic ring is 1. The zero-order chi connectivity index (χ0) is 18.9. The fraction of sp³-hybridized carbons (Fsp3) is 0.700. The van der Waals surface area contributed by atoms with E-state index >= 15 is 0 Å².